The van der Waals surface area contributed by atoms with Crippen LogP contribution in [0.3, 0.4) is 0 Å². The topological polar surface area (TPSA) is 62.7 Å². The van der Waals surface area contributed by atoms with E-state index < -0.39 is 5.97 Å². The first-order valence-corrected chi connectivity index (χ1v) is 8.22. The van der Waals surface area contributed by atoms with Crippen molar-refractivity contribution in [2.24, 2.45) is 0 Å². The minimum atomic E-state index is -0.842. The van der Waals surface area contributed by atoms with Crippen molar-refractivity contribution in [2.45, 2.75) is 19.4 Å². The summed E-state index contributed by atoms with van der Waals surface area (Å²) in [6, 6.07) is 12.5. The lowest BCUT2D eigenvalue weighted by Gasteiger charge is -2.32. The number of aliphatic carboxylic acids is 1. The summed E-state index contributed by atoms with van der Waals surface area (Å²) in [6.45, 7) is 5.76. The molecule has 3 rings (SSSR count). The largest absolute Gasteiger partial charge is 0.481 e. The first-order chi connectivity index (χ1) is 11.6. The highest BCUT2D eigenvalue weighted by Crippen LogP contribution is 2.24. The molecule has 1 aromatic heterocycles. The minimum absolute atomic E-state index is 0.00326. The second-order valence-corrected chi connectivity index (χ2v) is 6.07. The van der Waals surface area contributed by atoms with Gasteiger partial charge in [0.25, 0.3) is 0 Å². The molecule has 126 valence electrons. The van der Waals surface area contributed by atoms with Crippen LogP contribution in [-0.2, 0) is 16.0 Å². The van der Waals surface area contributed by atoms with Gasteiger partial charge in [0.05, 0.1) is 25.3 Å². The third-order valence-corrected chi connectivity index (χ3v) is 4.46. The van der Waals surface area contributed by atoms with Gasteiger partial charge in [0, 0.05) is 30.9 Å². The van der Waals surface area contributed by atoms with E-state index in [1.54, 1.807) is 6.20 Å². The fraction of sp³-hybridized carbons (Fsp3) is 0.368. The SMILES string of the molecule is CC(c1ccc(-c2ccc(CC(=O)O)cn2)cc1)N1CCOCC1. The Kier molecular flexibility index (Phi) is 5.23. The number of morpholine rings is 1. The maximum absolute atomic E-state index is 10.7. The maximum Gasteiger partial charge on any atom is 0.307 e. The molecule has 2 aromatic rings. The fourth-order valence-electron chi connectivity index (χ4n) is 2.98. The molecule has 1 saturated heterocycles. The zero-order valence-corrected chi connectivity index (χ0v) is 13.8. The number of hydrogen-bond donors (Lipinski definition) is 1. The number of rotatable bonds is 5. The van der Waals surface area contributed by atoms with Gasteiger partial charge < -0.3 is 9.84 Å². The van der Waals surface area contributed by atoms with Crippen LogP contribution in [-0.4, -0.2) is 47.3 Å². The molecule has 2 heterocycles. The van der Waals surface area contributed by atoms with Crippen LogP contribution in [0.2, 0.25) is 0 Å². The first-order valence-electron chi connectivity index (χ1n) is 8.22. The third kappa shape index (κ3) is 3.99. The molecule has 1 atom stereocenters. The highest BCUT2D eigenvalue weighted by Gasteiger charge is 2.18. The first kappa shape index (κ1) is 16.6. The van der Waals surface area contributed by atoms with Crippen LogP contribution in [0.15, 0.2) is 42.6 Å². The van der Waals surface area contributed by atoms with Gasteiger partial charge in [0.2, 0.25) is 0 Å². The molecule has 24 heavy (non-hydrogen) atoms. The van der Waals surface area contributed by atoms with E-state index in [1.165, 1.54) is 5.56 Å². The summed E-state index contributed by atoms with van der Waals surface area (Å²) in [6.07, 6.45) is 1.64. The van der Waals surface area contributed by atoms with Gasteiger partial charge in [-0.3, -0.25) is 14.7 Å². The molecule has 0 radical (unpaired) electrons. The lowest BCUT2D eigenvalue weighted by Crippen LogP contribution is -2.37. The Morgan fingerprint density at radius 1 is 1.21 bits per heavy atom. The van der Waals surface area contributed by atoms with Gasteiger partial charge in [-0.2, -0.15) is 0 Å². The number of hydrogen-bond acceptors (Lipinski definition) is 4. The molecule has 0 bridgehead atoms. The van der Waals surface area contributed by atoms with E-state index in [4.69, 9.17) is 9.84 Å². The van der Waals surface area contributed by atoms with Crippen LogP contribution in [0.4, 0.5) is 0 Å². The Bertz CT molecular complexity index is 677. The van der Waals surface area contributed by atoms with Crippen LogP contribution in [0, 0.1) is 0 Å². The second kappa shape index (κ2) is 7.55. The zero-order chi connectivity index (χ0) is 16.9. The van der Waals surface area contributed by atoms with Crippen LogP contribution < -0.4 is 0 Å². The molecule has 1 aliphatic rings. The van der Waals surface area contributed by atoms with Crippen LogP contribution in [0.25, 0.3) is 11.3 Å². The van der Waals surface area contributed by atoms with Gasteiger partial charge in [-0.15, -0.1) is 0 Å². The molecule has 1 N–H and O–H groups in total. The molecule has 1 fully saturated rings. The summed E-state index contributed by atoms with van der Waals surface area (Å²) in [7, 11) is 0. The molecule has 1 aliphatic heterocycles. The molecule has 5 nitrogen and oxygen atoms in total. The smallest absolute Gasteiger partial charge is 0.307 e. The lowest BCUT2D eigenvalue weighted by molar-refractivity contribution is -0.136. The molecule has 5 heteroatoms. The zero-order valence-electron chi connectivity index (χ0n) is 13.8. The number of ether oxygens (including phenoxy) is 1. The average Bonchev–Trinajstić information content (AvgIpc) is 2.62. The van der Waals surface area contributed by atoms with Crippen molar-refractivity contribution in [2.75, 3.05) is 26.3 Å². The average molecular weight is 326 g/mol. The molecule has 1 unspecified atom stereocenters. The fourth-order valence-corrected chi connectivity index (χ4v) is 2.98. The number of aromatic nitrogens is 1. The second-order valence-electron chi connectivity index (χ2n) is 6.07. The number of carboxylic acid groups (broad SMARTS) is 1. The number of carbonyl (C=O) groups is 1. The molecule has 1 aromatic carbocycles. The number of carboxylic acids is 1. The van der Waals surface area contributed by atoms with Crippen LogP contribution in [0.1, 0.15) is 24.1 Å². The van der Waals surface area contributed by atoms with E-state index in [0.717, 1.165) is 37.6 Å². The van der Waals surface area contributed by atoms with Crippen molar-refractivity contribution in [3.8, 4) is 11.3 Å². The molecule has 0 saturated carbocycles. The molecule has 0 aliphatic carbocycles. The van der Waals surface area contributed by atoms with Gasteiger partial charge in [-0.05, 0) is 24.1 Å². The third-order valence-electron chi connectivity index (χ3n) is 4.46. The van der Waals surface area contributed by atoms with E-state index in [9.17, 15) is 4.79 Å². The Hall–Kier alpha value is -2.24. The highest BCUT2D eigenvalue weighted by atomic mass is 16.5. The van der Waals surface area contributed by atoms with Gasteiger partial charge >= 0.3 is 5.97 Å². The van der Waals surface area contributed by atoms with Crippen molar-refractivity contribution in [3.05, 3.63) is 53.7 Å². The van der Waals surface area contributed by atoms with Gasteiger partial charge in [0.15, 0.2) is 0 Å². The van der Waals surface area contributed by atoms with E-state index in [0.29, 0.717) is 11.6 Å². The van der Waals surface area contributed by atoms with E-state index >= 15 is 0 Å². The Labute approximate surface area is 141 Å². The van der Waals surface area contributed by atoms with Crippen molar-refractivity contribution >= 4 is 5.97 Å². The summed E-state index contributed by atoms with van der Waals surface area (Å²) in [4.78, 5) is 17.5. The minimum Gasteiger partial charge on any atom is -0.481 e. The van der Waals surface area contributed by atoms with E-state index in [1.807, 2.05) is 12.1 Å². The molecular formula is C19H22N2O3. The standard InChI is InChI=1S/C19H22N2O3/c1-14(21-8-10-24-11-9-21)16-3-5-17(6-4-16)18-7-2-15(13-20-18)12-19(22)23/h2-7,13-14H,8-12H2,1H3,(H,22,23). The predicted octanol–water partition coefficient (Wildman–Crippen LogP) is 2.77. The molecular weight excluding hydrogens is 304 g/mol. The summed E-state index contributed by atoms with van der Waals surface area (Å²) in [5, 5.41) is 8.80. The van der Waals surface area contributed by atoms with Crippen molar-refractivity contribution in [1.29, 1.82) is 0 Å². The highest BCUT2D eigenvalue weighted by molar-refractivity contribution is 5.70. The monoisotopic (exact) mass is 326 g/mol. The van der Waals surface area contributed by atoms with Crippen molar-refractivity contribution < 1.29 is 14.6 Å². The Morgan fingerprint density at radius 2 is 1.92 bits per heavy atom. The summed E-state index contributed by atoms with van der Waals surface area (Å²) in [5.74, 6) is -0.842. The Morgan fingerprint density at radius 3 is 2.50 bits per heavy atom. The van der Waals surface area contributed by atoms with Gasteiger partial charge in [-0.25, -0.2) is 0 Å². The summed E-state index contributed by atoms with van der Waals surface area (Å²) >= 11 is 0. The normalized spacial score (nSPS) is 16.7. The van der Waals surface area contributed by atoms with E-state index in [-0.39, 0.29) is 6.42 Å². The van der Waals surface area contributed by atoms with Crippen LogP contribution >= 0.6 is 0 Å². The van der Waals surface area contributed by atoms with Crippen molar-refractivity contribution in [1.82, 2.24) is 9.88 Å². The Balaban J connectivity index is 1.70. The van der Waals surface area contributed by atoms with Crippen molar-refractivity contribution in [3.63, 3.8) is 0 Å². The van der Waals surface area contributed by atoms with E-state index in [2.05, 4.69) is 41.1 Å². The molecule has 0 amide bonds. The maximum atomic E-state index is 10.7. The summed E-state index contributed by atoms with van der Waals surface area (Å²) in [5.41, 5.74) is 3.89. The summed E-state index contributed by atoms with van der Waals surface area (Å²) < 4.78 is 5.41. The van der Waals surface area contributed by atoms with Gasteiger partial charge in [0.1, 0.15) is 0 Å². The van der Waals surface area contributed by atoms with Gasteiger partial charge in [-0.1, -0.05) is 30.3 Å². The molecule has 0 spiro atoms. The number of nitrogens with zero attached hydrogens (tertiary/aromatic N) is 2. The lowest BCUT2D eigenvalue weighted by atomic mass is 10.0. The predicted molar refractivity (Wildman–Crippen MR) is 91.8 cm³/mol. The van der Waals surface area contributed by atoms with Crippen LogP contribution in [0.5, 0.6) is 0 Å². The quantitative estimate of drug-likeness (QED) is 0.915. The number of benzene rings is 1. The number of pyridine rings is 1.